The van der Waals surface area contributed by atoms with E-state index in [-0.39, 0.29) is 25.7 Å². The number of rotatable bonds is 82. The van der Waals surface area contributed by atoms with Gasteiger partial charge in [0, 0.05) is 25.7 Å². The average molecular weight is 1490 g/mol. The highest BCUT2D eigenvalue weighted by Gasteiger charge is 2.30. The molecule has 0 aliphatic carbocycles. The lowest BCUT2D eigenvalue weighted by Gasteiger charge is -2.21. The van der Waals surface area contributed by atoms with Crippen LogP contribution in [-0.4, -0.2) is 96.7 Å². The molecular weight excluding hydrogens is 1330 g/mol. The summed E-state index contributed by atoms with van der Waals surface area (Å²) in [6, 6.07) is 0. The fourth-order valence-electron chi connectivity index (χ4n) is 12.8. The second-order valence-electron chi connectivity index (χ2n) is 30.4. The van der Waals surface area contributed by atoms with Gasteiger partial charge in [0.25, 0.3) is 0 Å². The van der Waals surface area contributed by atoms with Gasteiger partial charge in [-0.3, -0.25) is 37.3 Å². The van der Waals surface area contributed by atoms with Crippen molar-refractivity contribution in [3.05, 3.63) is 0 Å². The smallest absolute Gasteiger partial charge is 0.462 e. The van der Waals surface area contributed by atoms with Gasteiger partial charge in [-0.25, -0.2) is 9.13 Å². The molecule has 3 N–H and O–H groups in total. The number of unbranched alkanes of at least 4 members (excludes halogenated alkanes) is 50. The Hall–Kier alpha value is -1.94. The third-order valence-corrected chi connectivity index (χ3v) is 22.1. The Labute approximate surface area is 626 Å². The highest BCUT2D eigenvalue weighted by atomic mass is 31.2. The average Bonchev–Trinajstić information content (AvgIpc) is 0.940. The standard InChI is InChI=1S/C83H162O17P2/c1-7-11-13-15-17-19-21-23-25-27-29-34-38-42-46-53-59-65-80(85)93-71-78(99-82(87)67-62-56-48-44-40-36-32-31-33-37-41-45-51-57-63-75(5)9-3)73-97-101(89,90)95-69-77(84)70-96-102(91,92)98-74-79(72-94-81(86)66-60-54-50-49-52-58-64-76(6)10-4)100-83(88)68-61-55-47-43-39-35-30-28-26-24-22-20-18-16-14-12-8-2/h75-79,84H,7-74H2,1-6H3,(H,89,90)(H,91,92)/t75?,76?,77-,78-,79-/m1/s1. The molecule has 0 spiro atoms. The lowest BCUT2D eigenvalue weighted by molar-refractivity contribution is -0.161. The molecule has 0 heterocycles. The zero-order valence-electron chi connectivity index (χ0n) is 66.9. The first-order valence-corrected chi connectivity index (χ1v) is 46.1. The van der Waals surface area contributed by atoms with Gasteiger partial charge in [-0.05, 0) is 37.5 Å². The van der Waals surface area contributed by atoms with Crippen LogP contribution in [0.4, 0.5) is 0 Å². The van der Waals surface area contributed by atoms with Gasteiger partial charge >= 0.3 is 39.5 Å². The summed E-state index contributed by atoms with van der Waals surface area (Å²) in [6.07, 6.45) is 65.1. The number of carbonyl (C=O) groups is 4. The molecule has 0 aliphatic rings. The number of esters is 4. The normalized spacial score (nSPS) is 14.4. The van der Waals surface area contributed by atoms with Gasteiger partial charge < -0.3 is 33.8 Å². The van der Waals surface area contributed by atoms with Crippen LogP contribution in [0.3, 0.4) is 0 Å². The van der Waals surface area contributed by atoms with E-state index in [1.165, 1.54) is 250 Å². The summed E-state index contributed by atoms with van der Waals surface area (Å²) in [6.45, 7) is 9.67. The molecular formula is C83H162O17P2. The highest BCUT2D eigenvalue weighted by Crippen LogP contribution is 2.45. The van der Waals surface area contributed by atoms with Crippen LogP contribution in [0.1, 0.15) is 440 Å². The second-order valence-corrected chi connectivity index (χ2v) is 33.3. The quantitative estimate of drug-likeness (QED) is 0.0222. The molecule has 606 valence electrons. The van der Waals surface area contributed by atoms with E-state index in [2.05, 4.69) is 41.5 Å². The first-order chi connectivity index (χ1) is 49.4. The van der Waals surface area contributed by atoms with E-state index < -0.39 is 97.5 Å². The van der Waals surface area contributed by atoms with Crippen molar-refractivity contribution >= 4 is 39.5 Å². The van der Waals surface area contributed by atoms with Gasteiger partial charge in [-0.2, -0.15) is 0 Å². The molecule has 102 heavy (non-hydrogen) atoms. The van der Waals surface area contributed by atoms with Crippen LogP contribution in [0.2, 0.25) is 0 Å². The Kier molecular flexibility index (Phi) is 73.1. The number of aliphatic hydroxyl groups excluding tert-OH is 1. The third-order valence-electron chi connectivity index (χ3n) is 20.2. The summed E-state index contributed by atoms with van der Waals surface area (Å²) >= 11 is 0. The van der Waals surface area contributed by atoms with Gasteiger partial charge in [-0.15, -0.1) is 0 Å². The van der Waals surface area contributed by atoms with Crippen molar-refractivity contribution in [1.29, 1.82) is 0 Å². The molecule has 0 aromatic heterocycles. The van der Waals surface area contributed by atoms with Crippen LogP contribution in [0.5, 0.6) is 0 Å². The van der Waals surface area contributed by atoms with Crippen molar-refractivity contribution in [2.75, 3.05) is 39.6 Å². The summed E-state index contributed by atoms with van der Waals surface area (Å²) in [5.41, 5.74) is 0. The maximum atomic E-state index is 13.1. The van der Waals surface area contributed by atoms with E-state index in [1.807, 2.05) is 0 Å². The molecule has 19 heteroatoms. The first-order valence-electron chi connectivity index (χ1n) is 43.1. The lowest BCUT2D eigenvalue weighted by Crippen LogP contribution is -2.30. The molecule has 0 saturated heterocycles. The van der Waals surface area contributed by atoms with E-state index in [0.29, 0.717) is 25.7 Å². The van der Waals surface area contributed by atoms with Crippen LogP contribution < -0.4 is 0 Å². The molecule has 0 fully saturated rings. The Bertz CT molecular complexity index is 1960. The number of phosphoric acid groups is 2. The summed E-state index contributed by atoms with van der Waals surface area (Å²) in [5, 5.41) is 10.7. The van der Waals surface area contributed by atoms with Crippen molar-refractivity contribution in [3.8, 4) is 0 Å². The molecule has 0 aromatic rings. The maximum absolute atomic E-state index is 13.1. The first kappa shape index (κ1) is 100. The van der Waals surface area contributed by atoms with Crippen molar-refractivity contribution in [2.24, 2.45) is 11.8 Å². The molecule has 0 amide bonds. The fourth-order valence-corrected chi connectivity index (χ4v) is 14.4. The van der Waals surface area contributed by atoms with Crippen molar-refractivity contribution in [3.63, 3.8) is 0 Å². The van der Waals surface area contributed by atoms with E-state index in [0.717, 1.165) is 108 Å². The molecule has 7 atom stereocenters. The van der Waals surface area contributed by atoms with Crippen LogP contribution in [-0.2, 0) is 65.4 Å². The van der Waals surface area contributed by atoms with Gasteiger partial charge in [-0.1, -0.05) is 388 Å². The van der Waals surface area contributed by atoms with Crippen LogP contribution >= 0.6 is 15.6 Å². The number of hydrogen-bond acceptors (Lipinski definition) is 15. The largest absolute Gasteiger partial charge is 0.472 e. The summed E-state index contributed by atoms with van der Waals surface area (Å²) in [5.74, 6) is -0.529. The zero-order chi connectivity index (χ0) is 74.9. The van der Waals surface area contributed by atoms with Crippen LogP contribution in [0.15, 0.2) is 0 Å². The predicted octanol–water partition coefficient (Wildman–Crippen LogP) is 25.1. The van der Waals surface area contributed by atoms with E-state index >= 15 is 0 Å². The zero-order valence-corrected chi connectivity index (χ0v) is 68.7. The lowest BCUT2D eigenvalue weighted by atomic mass is 9.99. The van der Waals surface area contributed by atoms with E-state index in [4.69, 9.17) is 37.0 Å². The maximum Gasteiger partial charge on any atom is 0.472 e. The molecule has 17 nitrogen and oxygen atoms in total. The van der Waals surface area contributed by atoms with Crippen molar-refractivity contribution in [2.45, 2.75) is 458 Å². The third kappa shape index (κ3) is 73.6. The molecule has 0 rings (SSSR count). The Morgan fingerprint density at radius 1 is 0.275 bits per heavy atom. The summed E-state index contributed by atoms with van der Waals surface area (Å²) in [7, 11) is -9.92. The molecule has 0 radical (unpaired) electrons. The topological polar surface area (TPSA) is 237 Å². The number of phosphoric ester groups is 2. The van der Waals surface area contributed by atoms with Crippen LogP contribution in [0.25, 0.3) is 0 Å². The summed E-state index contributed by atoms with van der Waals surface area (Å²) in [4.78, 5) is 73.1. The Morgan fingerprint density at radius 2 is 0.471 bits per heavy atom. The van der Waals surface area contributed by atoms with Crippen LogP contribution in [0, 0.1) is 11.8 Å². The highest BCUT2D eigenvalue weighted by molar-refractivity contribution is 7.47. The molecule has 0 aliphatic heterocycles. The fraction of sp³-hybridized carbons (Fsp3) is 0.952. The Morgan fingerprint density at radius 3 is 0.696 bits per heavy atom. The molecule has 4 unspecified atom stereocenters. The van der Waals surface area contributed by atoms with Crippen molar-refractivity contribution < 1.29 is 80.2 Å². The van der Waals surface area contributed by atoms with E-state index in [1.54, 1.807) is 0 Å². The van der Waals surface area contributed by atoms with Crippen molar-refractivity contribution in [1.82, 2.24) is 0 Å². The van der Waals surface area contributed by atoms with E-state index in [9.17, 15) is 43.2 Å². The minimum absolute atomic E-state index is 0.108. The number of aliphatic hydroxyl groups is 1. The monoisotopic (exact) mass is 1490 g/mol. The predicted molar refractivity (Wildman–Crippen MR) is 418 cm³/mol. The number of carbonyl (C=O) groups excluding carboxylic acids is 4. The molecule has 0 aromatic carbocycles. The minimum atomic E-state index is -4.96. The Balaban J connectivity index is 5.24. The van der Waals surface area contributed by atoms with Gasteiger partial charge in [0.2, 0.25) is 0 Å². The molecule has 0 bridgehead atoms. The van der Waals surface area contributed by atoms with Gasteiger partial charge in [0.1, 0.15) is 19.3 Å². The van der Waals surface area contributed by atoms with Gasteiger partial charge in [0.05, 0.1) is 26.4 Å². The summed E-state index contributed by atoms with van der Waals surface area (Å²) < 4.78 is 68.8. The second kappa shape index (κ2) is 74.5. The minimum Gasteiger partial charge on any atom is -0.462 e. The SMILES string of the molecule is CCCCCCCCCCCCCCCCCCCC(=O)OC[C@H](COP(=O)(O)OC[C@@H](O)COP(=O)(O)OC[C@@H](COC(=O)CCCCCCCCC(C)CC)OC(=O)CCCCCCCCCCCCCCCCCCC)OC(=O)CCCCCCCCCCCCCCCCC(C)CC. The number of ether oxygens (including phenoxy) is 4. The molecule has 0 saturated carbocycles. The van der Waals surface area contributed by atoms with Gasteiger partial charge in [0.15, 0.2) is 12.2 Å². The number of hydrogen-bond donors (Lipinski definition) is 3.